The molecule has 11 heavy (non-hydrogen) atoms. The Kier molecular flexibility index (Phi) is 3.11. The Morgan fingerprint density at radius 3 is 3.00 bits per heavy atom. The SMILES string of the molecule is C=CCOc1ccc(Br)nc1. The zero-order chi connectivity index (χ0) is 8.10. The zero-order valence-corrected chi connectivity index (χ0v) is 7.54. The predicted molar refractivity (Wildman–Crippen MR) is 47.6 cm³/mol. The lowest BCUT2D eigenvalue weighted by atomic mass is 10.5. The summed E-state index contributed by atoms with van der Waals surface area (Å²) in [7, 11) is 0. The van der Waals surface area contributed by atoms with Crippen molar-refractivity contribution in [1.29, 1.82) is 0 Å². The quantitative estimate of drug-likeness (QED) is 0.569. The molecule has 0 unspecified atom stereocenters. The Labute approximate surface area is 74.0 Å². The molecule has 0 aliphatic carbocycles. The first kappa shape index (κ1) is 8.27. The Hall–Kier alpha value is -0.830. The van der Waals surface area contributed by atoms with Crippen molar-refractivity contribution in [2.75, 3.05) is 6.61 Å². The van der Waals surface area contributed by atoms with Crippen LogP contribution < -0.4 is 4.74 Å². The van der Waals surface area contributed by atoms with E-state index in [-0.39, 0.29) is 0 Å². The highest BCUT2D eigenvalue weighted by molar-refractivity contribution is 9.10. The first-order valence-corrected chi connectivity index (χ1v) is 3.97. The van der Waals surface area contributed by atoms with Crippen molar-refractivity contribution < 1.29 is 4.74 Å². The molecule has 0 aliphatic rings. The van der Waals surface area contributed by atoms with E-state index < -0.39 is 0 Å². The summed E-state index contributed by atoms with van der Waals surface area (Å²) in [5.41, 5.74) is 0. The van der Waals surface area contributed by atoms with Crippen LogP contribution >= 0.6 is 15.9 Å². The molecule has 58 valence electrons. The van der Waals surface area contributed by atoms with Gasteiger partial charge in [-0.25, -0.2) is 4.98 Å². The van der Waals surface area contributed by atoms with Crippen LogP contribution in [0.3, 0.4) is 0 Å². The molecule has 0 N–H and O–H groups in total. The molecule has 2 nitrogen and oxygen atoms in total. The van der Waals surface area contributed by atoms with Gasteiger partial charge in [0.25, 0.3) is 0 Å². The Balaban J connectivity index is 2.58. The van der Waals surface area contributed by atoms with E-state index in [9.17, 15) is 0 Å². The zero-order valence-electron chi connectivity index (χ0n) is 5.96. The van der Waals surface area contributed by atoms with Crippen molar-refractivity contribution in [2.24, 2.45) is 0 Å². The molecule has 0 amide bonds. The number of halogens is 1. The topological polar surface area (TPSA) is 22.1 Å². The molecule has 1 aromatic rings. The molecule has 0 radical (unpaired) electrons. The molecule has 1 aromatic heterocycles. The highest BCUT2D eigenvalue weighted by Gasteiger charge is 1.90. The summed E-state index contributed by atoms with van der Waals surface area (Å²) in [6, 6.07) is 3.68. The molecular weight excluding hydrogens is 206 g/mol. The standard InChI is InChI=1S/C8H8BrNO/c1-2-5-11-7-3-4-8(9)10-6-7/h2-4,6H,1,5H2. The van der Waals surface area contributed by atoms with Gasteiger partial charge in [0.2, 0.25) is 0 Å². The summed E-state index contributed by atoms with van der Waals surface area (Å²) in [6.07, 6.45) is 3.36. The van der Waals surface area contributed by atoms with Crippen molar-refractivity contribution >= 4 is 15.9 Å². The van der Waals surface area contributed by atoms with Gasteiger partial charge in [-0.1, -0.05) is 12.7 Å². The summed E-state index contributed by atoms with van der Waals surface area (Å²) in [6.45, 7) is 4.06. The molecule has 3 heteroatoms. The number of ether oxygens (including phenoxy) is 1. The van der Waals surface area contributed by atoms with E-state index in [0.717, 1.165) is 10.4 Å². The first-order valence-electron chi connectivity index (χ1n) is 3.18. The van der Waals surface area contributed by atoms with Gasteiger partial charge >= 0.3 is 0 Å². The Morgan fingerprint density at radius 1 is 1.64 bits per heavy atom. The highest BCUT2D eigenvalue weighted by atomic mass is 79.9. The van der Waals surface area contributed by atoms with Crippen LogP contribution in [0.2, 0.25) is 0 Å². The van der Waals surface area contributed by atoms with Gasteiger partial charge in [-0.2, -0.15) is 0 Å². The maximum atomic E-state index is 5.21. The molecular formula is C8H8BrNO. The molecule has 0 saturated carbocycles. The van der Waals surface area contributed by atoms with Crippen molar-refractivity contribution in [3.8, 4) is 5.75 Å². The van der Waals surface area contributed by atoms with Crippen LogP contribution in [0.15, 0.2) is 35.6 Å². The maximum absolute atomic E-state index is 5.21. The fourth-order valence-electron chi connectivity index (χ4n) is 0.603. The van der Waals surface area contributed by atoms with E-state index in [1.165, 1.54) is 0 Å². The summed E-state index contributed by atoms with van der Waals surface area (Å²) >= 11 is 3.23. The van der Waals surface area contributed by atoms with Crippen LogP contribution in [0.1, 0.15) is 0 Å². The van der Waals surface area contributed by atoms with Gasteiger partial charge in [0.1, 0.15) is 17.0 Å². The second kappa shape index (κ2) is 4.13. The molecule has 1 heterocycles. The van der Waals surface area contributed by atoms with E-state index in [1.807, 2.05) is 12.1 Å². The van der Waals surface area contributed by atoms with Crippen LogP contribution in [0.25, 0.3) is 0 Å². The van der Waals surface area contributed by atoms with Gasteiger partial charge in [-0.15, -0.1) is 0 Å². The van der Waals surface area contributed by atoms with Crippen LogP contribution in [-0.2, 0) is 0 Å². The van der Waals surface area contributed by atoms with E-state index in [4.69, 9.17) is 4.74 Å². The highest BCUT2D eigenvalue weighted by Crippen LogP contribution is 2.12. The maximum Gasteiger partial charge on any atom is 0.138 e. The lowest BCUT2D eigenvalue weighted by Gasteiger charge is -2.00. The third-order valence-corrected chi connectivity index (χ3v) is 1.54. The molecule has 0 fully saturated rings. The molecule has 0 atom stereocenters. The largest absolute Gasteiger partial charge is 0.488 e. The fourth-order valence-corrected chi connectivity index (χ4v) is 0.837. The summed E-state index contributed by atoms with van der Waals surface area (Å²) in [5, 5.41) is 0. The second-order valence-corrected chi connectivity index (χ2v) is 2.73. The van der Waals surface area contributed by atoms with Gasteiger partial charge in [0, 0.05) is 0 Å². The molecule has 0 spiro atoms. The van der Waals surface area contributed by atoms with Crippen LogP contribution in [0, 0.1) is 0 Å². The fraction of sp³-hybridized carbons (Fsp3) is 0.125. The first-order chi connectivity index (χ1) is 5.33. The van der Waals surface area contributed by atoms with Gasteiger partial charge in [-0.05, 0) is 28.1 Å². The van der Waals surface area contributed by atoms with Crippen LogP contribution in [-0.4, -0.2) is 11.6 Å². The van der Waals surface area contributed by atoms with E-state index in [0.29, 0.717) is 6.61 Å². The number of nitrogens with zero attached hydrogens (tertiary/aromatic N) is 1. The molecule has 0 aromatic carbocycles. The lowest BCUT2D eigenvalue weighted by molar-refractivity contribution is 0.361. The van der Waals surface area contributed by atoms with Gasteiger partial charge in [-0.3, -0.25) is 0 Å². The number of pyridine rings is 1. The Bertz CT molecular complexity index is 232. The average Bonchev–Trinajstić information content (AvgIpc) is 2.04. The summed E-state index contributed by atoms with van der Waals surface area (Å²) < 4.78 is 6.02. The number of aromatic nitrogens is 1. The van der Waals surface area contributed by atoms with Crippen LogP contribution in [0.4, 0.5) is 0 Å². The summed E-state index contributed by atoms with van der Waals surface area (Å²) in [4.78, 5) is 3.99. The van der Waals surface area contributed by atoms with Crippen molar-refractivity contribution in [3.63, 3.8) is 0 Å². The van der Waals surface area contributed by atoms with Crippen LogP contribution in [0.5, 0.6) is 5.75 Å². The Morgan fingerprint density at radius 2 is 2.45 bits per heavy atom. The van der Waals surface area contributed by atoms with E-state index >= 15 is 0 Å². The molecule has 1 rings (SSSR count). The number of hydrogen-bond acceptors (Lipinski definition) is 2. The smallest absolute Gasteiger partial charge is 0.138 e. The third kappa shape index (κ3) is 2.72. The normalized spacial score (nSPS) is 9.18. The third-order valence-electron chi connectivity index (χ3n) is 1.07. The van der Waals surface area contributed by atoms with Gasteiger partial charge in [0.05, 0.1) is 6.20 Å². The molecule has 0 saturated heterocycles. The number of hydrogen-bond donors (Lipinski definition) is 0. The van der Waals surface area contributed by atoms with E-state index in [2.05, 4.69) is 27.5 Å². The lowest BCUT2D eigenvalue weighted by Crippen LogP contribution is -1.92. The minimum Gasteiger partial charge on any atom is -0.488 e. The minimum atomic E-state index is 0.517. The second-order valence-electron chi connectivity index (χ2n) is 1.92. The van der Waals surface area contributed by atoms with E-state index in [1.54, 1.807) is 12.3 Å². The summed E-state index contributed by atoms with van der Waals surface area (Å²) in [5.74, 6) is 0.758. The average molecular weight is 214 g/mol. The number of rotatable bonds is 3. The van der Waals surface area contributed by atoms with Crippen molar-refractivity contribution in [3.05, 3.63) is 35.6 Å². The van der Waals surface area contributed by atoms with Gasteiger partial charge in [0.15, 0.2) is 0 Å². The van der Waals surface area contributed by atoms with Gasteiger partial charge < -0.3 is 4.74 Å². The minimum absolute atomic E-state index is 0.517. The molecule has 0 aliphatic heterocycles. The van der Waals surface area contributed by atoms with Crippen molar-refractivity contribution in [1.82, 2.24) is 4.98 Å². The predicted octanol–water partition coefficient (Wildman–Crippen LogP) is 2.41. The van der Waals surface area contributed by atoms with Crippen molar-refractivity contribution in [2.45, 2.75) is 0 Å². The molecule has 0 bridgehead atoms. The monoisotopic (exact) mass is 213 g/mol.